The molecule has 0 saturated heterocycles. The molecule has 3 heteroatoms. The fraction of sp³-hybridized carbons (Fsp3) is 0. The highest BCUT2D eigenvalue weighted by molar-refractivity contribution is 6.31. The van der Waals surface area contributed by atoms with E-state index in [0.717, 1.165) is 38.5 Å². The van der Waals surface area contributed by atoms with Gasteiger partial charge in [0.05, 0.1) is 38.8 Å². The maximum Gasteiger partial charge on any atom is 0.145 e. The summed E-state index contributed by atoms with van der Waals surface area (Å²) in [6, 6.07) is 62.2. The molecule has 1 aliphatic rings. The summed E-state index contributed by atoms with van der Waals surface area (Å²) in [5.41, 5.74) is 14.1. The highest BCUT2D eigenvalue weighted by Crippen LogP contribution is 2.50. The molecule has 0 atom stereocenters. The van der Waals surface area contributed by atoms with Gasteiger partial charge in [0.25, 0.3) is 0 Å². The van der Waals surface area contributed by atoms with Crippen molar-refractivity contribution in [3.8, 4) is 33.6 Å². The van der Waals surface area contributed by atoms with E-state index in [1.165, 1.54) is 82.2 Å². The van der Waals surface area contributed by atoms with Crippen LogP contribution in [0.5, 0.6) is 0 Å². The van der Waals surface area contributed by atoms with Crippen molar-refractivity contribution >= 4 is 87.1 Å². The van der Waals surface area contributed by atoms with Crippen molar-refractivity contribution in [1.29, 1.82) is 0 Å². The smallest absolute Gasteiger partial charge is 0.145 e. The predicted molar refractivity (Wildman–Crippen MR) is 222 cm³/mol. The van der Waals surface area contributed by atoms with E-state index < -0.39 is 0 Å². The topological polar surface area (TPSA) is 23.0 Å². The van der Waals surface area contributed by atoms with Gasteiger partial charge in [0, 0.05) is 37.7 Å². The maximum atomic E-state index is 6.77. The quantitative estimate of drug-likeness (QED) is 0.179. The van der Waals surface area contributed by atoms with Gasteiger partial charge in [-0.15, -0.1) is 0 Å². The molecular weight excluding hydrogens is 645 g/mol. The van der Waals surface area contributed by atoms with Crippen LogP contribution >= 0.6 is 0 Å². The second-order valence-electron chi connectivity index (χ2n) is 14.4. The van der Waals surface area contributed by atoms with E-state index in [1.54, 1.807) is 0 Å². The second kappa shape index (κ2) is 9.81. The van der Waals surface area contributed by atoms with Gasteiger partial charge in [0.2, 0.25) is 0 Å². The number of rotatable bonds is 2. The van der Waals surface area contributed by atoms with Crippen molar-refractivity contribution in [2.24, 2.45) is 0 Å². The molecule has 3 nitrogen and oxygen atoms in total. The Morgan fingerprint density at radius 2 is 0.943 bits per heavy atom. The summed E-state index contributed by atoms with van der Waals surface area (Å²) in [7, 11) is 0. The molecule has 244 valence electrons. The molecule has 9 aromatic carbocycles. The molecule has 12 aromatic rings. The Labute approximate surface area is 303 Å². The van der Waals surface area contributed by atoms with Crippen LogP contribution < -0.4 is 0 Å². The van der Waals surface area contributed by atoms with Crippen molar-refractivity contribution in [3.63, 3.8) is 0 Å². The molecule has 0 spiro atoms. The third kappa shape index (κ3) is 3.40. The summed E-state index contributed by atoms with van der Waals surface area (Å²) in [6.45, 7) is 0. The molecule has 1 aliphatic carbocycles. The fourth-order valence-electron chi connectivity index (χ4n) is 9.72. The summed E-state index contributed by atoms with van der Waals surface area (Å²) < 4.78 is 11.8. The summed E-state index contributed by atoms with van der Waals surface area (Å²) in [5.74, 6) is 0. The first-order valence-electron chi connectivity index (χ1n) is 18.3. The van der Waals surface area contributed by atoms with E-state index in [2.05, 4.69) is 179 Å². The van der Waals surface area contributed by atoms with E-state index >= 15 is 0 Å². The molecule has 13 rings (SSSR count). The highest BCUT2D eigenvalue weighted by atomic mass is 16.3. The minimum Gasteiger partial charge on any atom is -0.455 e. The van der Waals surface area contributed by atoms with Crippen LogP contribution in [0.1, 0.15) is 0 Å². The number of furan rings is 1. The molecule has 3 heterocycles. The van der Waals surface area contributed by atoms with Crippen LogP contribution in [0, 0.1) is 0 Å². The lowest BCUT2D eigenvalue weighted by Crippen LogP contribution is -1.97. The predicted octanol–water partition coefficient (Wildman–Crippen LogP) is 13.7. The van der Waals surface area contributed by atoms with Crippen molar-refractivity contribution in [1.82, 2.24) is 9.13 Å². The third-order valence-electron chi connectivity index (χ3n) is 11.8. The normalized spacial score (nSPS) is 12.5. The summed E-state index contributed by atoms with van der Waals surface area (Å²) in [6.07, 6.45) is 0. The van der Waals surface area contributed by atoms with Crippen molar-refractivity contribution < 1.29 is 4.42 Å². The standard InChI is InChI=1S/C50H28N2O/c1-2-13-30-29(11-1)12-9-21-40(30)52-44-27-24-36-33-16-6-8-22-45(33)53-50(36)48(44)39-25-28-43-47(49(39)52)38-17-5-7-20-41(38)51(43)42-26-23-35-32-15-4-3-14-31(32)34-18-10-19-37(42)46(34)35/h1-28H. The number of benzene rings is 9. The van der Waals surface area contributed by atoms with Gasteiger partial charge in [-0.05, 0) is 81.6 Å². The van der Waals surface area contributed by atoms with E-state index in [9.17, 15) is 0 Å². The largest absolute Gasteiger partial charge is 0.455 e. The van der Waals surface area contributed by atoms with Crippen LogP contribution in [0.15, 0.2) is 174 Å². The van der Waals surface area contributed by atoms with Crippen molar-refractivity contribution in [3.05, 3.63) is 170 Å². The van der Waals surface area contributed by atoms with Gasteiger partial charge in [-0.2, -0.15) is 0 Å². The van der Waals surface area contributed by atoms with Gasteiger partial charge >= 0.3 is 0 Å². The van der Waals surface area contributed by atoms with Crippen LogP contribution in [0.2, 0.25) is 0 Å². The van der Waals surface area contributed by atoms with E-state index in [4.69, 9.17) is 4.42 Å². The fourth-order valence-corrected chi connectivity index (χ4v) is 9.72. The Morgan fingerprint density at radius 1 is 0.321 bits per heavy atom. The van der Waals surface area contributed by atoms with Crippen LogP contribution in [0.4, 0.5) is 0 Å². The molecule has 0 fully saturated rings. The zero-order valence-corrected chi connectivity index (χ0v) is 28.5. The highest BCUT2D eigenvalue weighted by Gasteiger charge is 2.27. The molecule has 0 amide bonds. The van der Waals surface area contributed by atoms with Gasteiger partial charge in [0.1, 0.15) is 11.2 Å². The van der Waals surface area contributed by atoms with Gasteiger partial charge < -0.3 is 13.6 Å². The Hall–Kier alpha value is -7.10. The van der Waals surface area contributed by atoms with Crippen LogP contribution in [0.3, 0.4) is 0 Å². The second-order valence-corrected chi connectivity index (χ2v) is 14.4. The molecule has 0 radical (unpaired) electrons. The minimum absolute atomic E-state index is 0.910. The Morgan fingerprint density at radius 3 is 1.83 bits per heavy atom. The number of para-hydroxylation sites is 2. The number of hydrogen-bond acceptors (Lipinski definition) is 1. The number of nitrogens with zero attached hydrogens (tertiary/aromatic N) is 2. The summed E-state index contributed by atoms with van der Waals surface area (Å²) >= 11 is 0. The van der Waals surface area contributed by atoms with Crippen LogP contribution in [-0.2, 0) is 0 Å². The van der Waals surface area contributed by atoms with Gasteiger partial charge in [-0.25, -0.2) is 0 Å². The zero-order chi connectivity index (χ0) is 34.4. The van der Waals surface area contributed by atoms with Crippen molar-refractivity contribution in [2.75, 3.05) is 0 Å². The molecule has 0 unspecified atom stereocenters. The number of aromatic nitrogens is 2. The Balaban J connectivity index is 1.24. The number of fused-ring (bicyclic) bond motifs is 15. The molecule has 3 aromatic heterocycles. The lowest BCUT2D eigenvalue weighted by atomic mass is 10.0. The molecule has 0 aliphatic heterocycles. The maximum absolute atomic E-state index is 6.77. The zero-order valence-electron chi connectivity index (χ0n) is 28.5. The summed E-state index contributed by atoms with van der Waals surface area (Å²) in [4.78, 5) is 0. The van der Waals surface area contributed by atoms with E-state index in [-0.39, 0.29) is 0 Å². The molecule has 0 bridgehead atoms. The third-order valence-corrected chi connectivity index (χ3v) is 11.8. The van der Waals surface area contributed by atoms with Crippen LogP contribution in [0.25, 0.3) is 121 Å². The lowest BCUT2D eigenvalue weighted by molar-refractivity contribution is 0.673. The van der Waals surface area contributed by atoms with Gasteiger partial charge in [0.15, 0.2) is 0 Å². The average molecular weight is 673 g/mol. The Bertz CT molecular complexity index is 3540. The average Bonchev–Trinajstić information content (AvgIpc) is 3.95. The van der Waals surface area contributed by atoms with E-state index in [0.29, 0.717) is 0 Å². The minimum atomic E-state index is 0.910. The first kappa shape index (κ1) is 27.6. The van der Waals surface area contributed by atoms with Crippen molar-refractivity contribution in [2.45, 2.75) is 0 Å². The van der Waals surface area contributed by atoms with E-state index in [1.807, 2.05) is 0 Å². The van der Waals surface area contributed by atoms with Crippen LogP contribution in [-0.4, -0.2) is 9.13 Å². The molecule has 0 saturated carbocycles. The Kier molecular flexibility index (Phi) is 5.11. The van der Waals surface area contributed by atoms with Gasteiger partial charge in [-0.1, -0.05) is 121 Å². The first-order valence-corrected chi connectivity index (χ1v) is 18.3. The first-order chi connectivity index (χ1) is 26.3. The SMILES string of the molecule is c1ccc2c(c1)-c1cccc3c(-n4c5ccccc5c5c4ccc4c6c7oc8ccccc8c7ccc6n(-c6cccc7ccccc67)c45)ccc-2c13. The summed E-state index contributed by atoms with van der Waals surface area (Å²) in [5, 5.41) is 12.1. The molecule has 53 heavy (non-hydrogen) atoms. The lowest BCUT2D eigenvalue weighted by Gasteiger charge is -2.14. The number of hydrogen-bond donors (Lipinski definition) is 0. The molecular formula is C50H28N2O. The van der Waals surface area contributed by atoms with Gasteiger partial charge in [-0.3, -0.25) is 0 Å². The molecule has 0 N–H and O–H groups in total. The monoisotopic (exact) mass is 672 g/mol.